The topological polar surface area (TPSA) is 49.5 Å². The average Bonchev–Trinajstić information content (AvgIpc) is 2.53. The fourth-order valence-electron chi connectivity index (χ4n) is 2.51. The largest absolute Gasteiger partial charge is 0.437 e. The van der Waals surface area contributed by atoms with Crippen molar-refractivity contribution in [3.8, 4) is 0 Å². The van der Waals surface area contributed by atoms with Crippen molar-refractivity contribution >= 4 is 23.0 Å². The smallest absolute Gasteiger partial charge is 0.376 e. The molecule has 0 bridgehead atoms. The van der Waals surface area contributed by atoms with Gasteiger partial charge in [0.2, 0.25) is 0 Å². The van der Waals surface area contributed by atoms with E-state index in [1.807, 2.05) is 24.3 Å². The van der Waals surface area contributed by atoms with Crippen molar-refractivity contribution in [2.24, 2.45) is 5.73 Å². The first-order valence-electron chi connectivity index (χ1n) is 6.13. The molecule has 2 rings (SSSR count). The summed E-state index contributed by atoms with van der Waals surface area (Å²) in [5.41, 5.74) is 6.57. The van der Waals surface area contributed by atoms with E-state index in [-0.39, 0.29) is 0 Å². The highest BCUT2D eigenvalue weighted by molar-refractivity contribution is 9.10. The van der Waals surface area contributed by atoms with Gasteiger partial charge in [-0.15, -0.1) is 0 Å². The van der Waals surface area contributed by atoms with Crippen LogP contribution in [0.5, 0.6) is 0 Å². The van der Waals surface area contributed by atoms with Crippen LogP contribution in [0.1, 0.15) is 5.56 Å². The van der Waals surface area contributed by atoms with Crippen molar-refractivity contribution in [2.75, 3.05) is 6.54 Å². The molecule has 1 aliphatic rings. The monoisotopic (exact) mass is 332 g/mol. The van der Waals surface area contributed by atoms with Crippen LogP contribution in [0.25, 0.3) is 0 Å². The van der Waals surface area contributed by atoms with Gasteiger partial charge in [0.15, 0.2) is 0 Å². The van der Waals surface area contributed by atoms with Gasteiger partial charge in [-0.3, -0.25) is 0 Å². The summed E-state index contributed by atoms with van der Waals surface area (Å²) in [5.74, 6) is -2.96. The molecule has 1 fully saturated rings. The molecular weight excluding hydrogens is 317 g/mol. The maximum atomic E-state index is 13.7. The van der Waals surface area contributed by atoms with E-state index in [2.05, 4.69) is 15.9 Å². The number of nitrogens with zero attached hydrogens (tertiary/aromatic N) is 1. The van der Waals surface area contributed by atoms with Gasteiger partial charge in [0, 0.05) is 10.5 Å². The van der Waals surface area contributed by atoms with Gasteiger partial charge in [-0.2, -0.15) is 0 Å². The van der Waals surface area contributed by atoms with Crippen molar-refractivity contribution in [3.63, 3.8) is 0 Å². The molecular formula is C12H16BBrF2N2O. The van der Waals surface area contributed by atoms with E-state index in [4.69, 9.17) is 5.73 Å². The van der Waals surface area contributed by atoms with Crippen LogP contribution in [0.2, 0.25) is 6.82 Å². The molecule has 0 spiro atoms. The van der Waals surface area contributed by atoms with Gasteiger partial charge in [-0.05, 0) is 30.9 Å². The van der Waals surface area contributed by atoms with Crippen LogP contribution < -0.4 is 5.73 Å². The van der Waals surface area contributed by atoms with E-state index in [1.165, 1.54) is 11.6 Å². The molecule has 1 aliphatic heterocycles. The van der Waals surface area contributed by atoms with E-state index >= 15 is 0 Å². The summed E-state index contributed by atoms with van der Waals surface area (Å²) >= 11 is 3.35. The minimum atomic E-state index is -2.96. The highest BCUT2D eigenvalue weighted by Crippen LogP contribution is 2.33. The number of halogens is 3. The maximum Gasteiger partial charge on any atom is 0.376 e. The van der Waals surface area contributed by atoms with Crippen molar-refractivity contribution in [2.45, 2.75) is 31.3 Å². The minimum Gasteiger partial charge on any atom is -0.437 e. The Hall–Kier alpha value is -0.495. The third-order valence-corrected chi connectivity index (χ3v) is 4.03. The maximum absolute atomic E-state index is 13.7. The van der Waals surface area contributed by atoms with Crippen molar-refractivity contribution in [1.29, 1.82) is 0 Å². The first-order valence-corrected chi connectivity index (χ1v) is 6.92. The quantitative estimate of drug-likeness (QED) is 0.829. The molecule has 2 atom stereocenters. The Morgan fingerprint density at radius 2 is 2.26 bits per heavy atom. The molecule has 1 heterocycles. The van der Waals surface area contributed by atoms with E-state index in [0.29, 0.717) is 6.42 Å². The number of hydrogen-bond donors (Lipinski definition) is 2. The second-order valence-corrected chi connectivity index (χ2v) is 5.91. The van der Waals surface area contributed by atoms with Crippen LogP contribution in [0, 0.1) is 0 Å². The Labute approximate surface area is 120 Å². The third kappa shape index (κ3) is 3.16. The van der Waals surface area contributed by atoms with Crippen molar-refractivity contribution < 1.29 is 13.8 Å². The normalized spacial score (nSPS) is 26.6. The molecule has 0 aromatic heterocycles. The molecule has 104 valence electrons. The molecule has 0 radical (unpaired) electrons. The lowest BCUT2D eigenvalue weighted by atomic mass is 9.83. The van der Waals surface area contributed by atoms with Crippen LogP contribution in [-0.4, -0.2) is 41.4 Å². The summed E-state index contributed by atoms with van der Waals surface area (Å²) in [7, 11) is -0.934. The second-order valence-electron chi connectivity index (χ2n) is 4.99. The van der Waals surface area contributed by atoms with Gasteiger partial charge in [0.1, 0.15) is 0 Å². The van der Waals surface area contributed by atoms with Crippen LogP contribution in [-0.2, 0) is 6.42 Å². The molecule has 1 aromatic carbocycles. The Morgan fingerprint density at radius 1 is 1.58 bits per heavy atom. The highest BCUT2D eigenvalue weighted by Gasteiger charge is 2.53. The molecule has 1 aromatic rings. The second kappa shape index (κ2) is 5.48. The van der Waals surface area contributed by atoms with E-state index < -0.39 is 31.6 Å². The Balaban J connectivity index is 2.21. The van der Waals surface area contributed by atoms with Gasteiger partial charge in [0.05, 0.1) is 12.6 Å². The highest BCUT2D eigenvalue weighted by atomic mass is 79.9. The summed E-state index contributed by atoms with van der Waals surface area (Å²) in [6, 6.07) is 5.65. The van der Waals surface area contributed by atoms with Crippen LogP contribution in [0.4, 0.5) is 8.78 Å². The molecule has 19 heavy (non-hydrogen) atoms. The minimum absolute atomic E-state index is 0.390. The molecule has 0 unspecified atom stereocenters. The first-order chi connectivity index (χ1) is 8.81. The summed E-state index contributed by atoms with van der Waals surface area (Å²) < 4.78 is 28.3. The summed E-state index contributed by atoms with van der Waals surface area (Å²) in [4.78, 5) is 1.37. The Kier molecular flexibility index (Phi) is 4.30. The number of alkyl halides is 2. The number of nitrogens with two attached hydrogens (primary N) is 1. The molecule has 0 aliphatic carbocycles. The van der Waals surface area contributed by atoms with E-state index in [1.54, 1.807) is 0 Å². The lowest BCUT2D eigenvalue weighted by Crippen LogP contribution is -2.48. The van der Waals surface area contributed by atoms with Gasteiger partial charge in [-0.1, -0.05) is 28.1 Å². The molecule has 0 amide bonds. The molecule has 0 saturated carbocycles. The average molecular weight is 333 g/mol. The van der Waals surface area contributed by atoms with Crippen LogP contribution in [0.15, 0.2) is 28.7 Å². The zero-order chi connectivity index (χ0) is 14.2. The van der Waals surface area contributed by atoms with Gasteiger partial charge < -0.3 is 15.6 Å². The van der Waals surface area contributed by atoms with Crippen molar-refractivity contribution in [1.82, 2.24) is 4.81 Å². The zero-order valence-electron chi connectivity index (χ0n) is 10.6. The first kappa shape index (κ1) is 14.9. The summed E-state index contributed by atoms with van der Waals surface area (Å²) in [5, 5.41) is 9.63. The van der Waals surface area contributed by atoms with Gasteiger partial charge in [0.25, 0.3) is 5.92 Å². The predicted octanol–water partition coefficient (Wildman–Crippen LogP) is 1.75. The summed E-state index contributed by atoms with van der Waals surface area (Å²) in [6.45, 7) is 0.993. The fourth-order valence-corrected chi connectivity index (χ4v) is 2.96. The third-order valence-electron chi connectivity index (χ3n) is 3.54. The SMILES string of the molecule is CB(O)N1CC(F)(F)[C@H](N)[C@@H]1Cc1cccc(Br)c1. The Morgan fingerprint density at radius 3 is 2.84 bits per heavy atom. The Bertz CT molecular complexity index is 461. The molecule has 3 N–H and O–H groups in total. The zero-order valence-corrected chi connectivity index (χ0v) is 12.1. The number of hydrogen-bond acceptors (Lipinski definition) is 3. The van der Waals surface area contributed by atoms with E-state index in [9.17, 15) is 13.8 Å². The van der Waals surface area contributed by atoms with Crippen molar-refractivity contribution in [3.05, 3.63) is 34.3 Å². The lowest BCUT2D eigenvalue weighted by molar-refractivity contribution is 0.00105. The molecule has 1 saturated heterocycles. The van der Waals surface area contributed by atoms with Crippen LogP contribution in [0.3, 0.4) is 0 Å². The number of rotatable bonds is 3. The van der Waals surface area contributed by atoms with Gasteiger partial charge >= 0.3 is 7.05 Å². The predicted molar refractivity (Wildman–Crippen MR) is 75.1 cm³/mol. The standard InChI is InChI=1S/C12H16BBrF2N2O/c1-13(19)18-7-12(15,16)11(17)10(18)6-8-3-2-4-9(14)5-8/h2-5,10-11,19H,6-7,17H2,1H3/t10-,11+/m0/s1. The molecule has 3 nitrogen and oxygen atoms in total. The number of benzene rings is 1. The van der Waals surface area contributed by atoms with Crippen LogP contribution >= 0.6 is 15.9 Å². The summed E-state index contributed by atoms with van der Waals surface area (Å²) in [6.07, 6.45) is 0.390. The molecule has 7 heteroatoms. The van der Waals surface area contributed by atoms with E-state index in [0.717, 1.165) is 10.0 Å². The lowest BCUT2D eigenvalue weighted by Gasteiger charge is -2.26. The fraction of sp³-hybridized carbons (Fsp3) is 0.500. The van der Waals surface area contributed by atoms with Gasteiger partial charge in [-0.25, -0.2) is 8.78 Å².